The van der Waals surface area contributed by atoms with Crippen LogP contribution in [0.4, 0.5) is 8.78 Å². The summed E-state index contributed by atoms with van der Waals surface area (Å²) in [6.07, 6.45) is 2.24. The minimum Gasteiger partial charge on any atom is -0.353 e. The summed E-state index contributed by atoms with van der Waals surface area (Å²) in [6, 6.07) is 3.52. The molecule has 1 aliphatic heterocycles. The van der Waals surface area contributed by atoms with Gasteiger partial charge in [0, 0.05) is 12.5 Å². The number of hydrogen-bond acceptors (Lipinski definition) is 2. The van der Waals surface area contributed by atoms with E-state index in [0.717, 1.165) is 44.1 Å². The van der Waals surface area contributed by atoms with Crippen molar-refractivity contribution in [2.45, 2.75) is 31.7 Å². The molecule has 1 aliphatic rings. The topological polar surface area (TPSA) is 41.1 Å². The van der Waals surface area contributed by atoms with Crippen LogP contribution in [0.5, 0.6) is 0 Å². The molecule has 2 N–H and O–H groups in total. The maximum absolute atomic E-state index is 13.4. The van der Waals surface area contributed by atoms with Crippen LogP contribution in [0.25, 0.3) is 0 Å². The van der Waals surface area contributed by atoms with Crippen LogP contribution in [0.2, 0.25) is 0 Å². The van der Waals surface area contributed by atoms with E-state index >= 15 is 0 Å². The first-order valence-electron chi connectivity index (χ1n) is 6.59. The van der Waals surface area contributed by atoms with Crippen LogP contribution < -0.4 is 10.6 Å². The summed E-state index contributed by atoms with van der Waals surface area (Å²) in [5.74, 6) is -1.04. The van der Waals surface area contributed by atoms with Crippen molar-refractivity contribution < 1.29 is 13.6 Å². The van der Waals surface area contributed by atoms with Crippen LogP contribution in [-0.2, 0) is 11.2 Å². The number of carbonyl (C=O) groups excluding carboxylic acids is 1. The summed E-state index contributed by atoms with van der Waals surface area (Å²) >= 11 is 0. The summed E-state index contributed by atoms with van der Waals surface area (Å²) in [4.78, 5) is 11.7. The average Bonchev–Trinajstić information content (AvgIpc) is 2.41. The number of amides is 1. The van der Waals surface area contributed by atoms with Gasteiger partial charge >= 0.3 is 0 Å². The molecule has 6 heteroatoms. The fourth-order valence-electron chi connectivity index (χ4n) is 2.25. The Morgan fingerprint density at radius 1 is 1.30 bits per heavy atom. The highest BCUT2D eigenvalue weighted by Gasteiger charge is 2.15. The molecule has 0 bridgehead atoms. The Balaban J connectivity index is 0.00000200. The maximum atomic E-state index is 13.4. The molecule has 0 saturated carbocycles. The van der Waals surface area contributed by atoms with E-state index in [-0.39, 0.29) is 42.8 Å². The minimum absolute atomic E-state index is 0. The van der Waals surface area contributed by atoms with Gasteiger partial charge in [0.05, 0.1) is 0 Å². The fraction of sp³-hybridized carbons (Fsp3) is 0.500. The fourth-order valence-corrected chi connectivity index (χ4v) is 2.25. The molecule has 0 atom stereocenters. The molecule has 3 nitrogen and oxygen atoms in total. The second-order valence-corrected chi connectivity index (χ2v) is 4.83. The van der Waals surface area contributed by atoms with Crippen LogP contribution in [0.1, 0.15) is 24.8 Å². The van der Waals surface area contributed by atoms with Gasteiger partial charge in [-0.3, -0.25) is 4.79 Å². The summed E-state index contributed by atoms with van der Waals surface area (Å²) in [6.45, 7) is 1.81. The van der Waals surface area contributed by atoms with E-state index in [1.165, 1.54) is 0 Å². The Morgan fingerprint density at radius 3 is 2.70 bits per heavy atom. The van der Waals surface area contributed by atoms with Crippen LogP contribution in [0, 0.1) is 11.6 Å². The van der Waals surface area contributed by atoms with Crippen molar-refractivity contribution in [1.29, 1.82) is 0 Å². The first kappa shape index (κ1) is 16.9. The number of benzene rings is 1. The number of rotatable bonds is 4. The maximum Gasteiger partial charge on any atom is 0.220 e. The molecule has 1 heterocycles. The number of aryl methyl sites for hydroxylation is 1. The lowest BCUT2D eigenvalue weighted by Crippen LogP contribution is -2.42. The van der Waals surface area contributed by atoms with Gasteiger partial charge in [-0.1, -0.05) is 0 Å². The van der Waals surface area contributed by atoms with Crippen molar-refractivity contribution in [1.82, 2.24) is 10.6 Å². The number of halogens is 3. The van der Waals surface area contributed by atoms with Gasteiger partial charge in [-0.2, -0.15) is 0 Å². The molecule has 2 rings (SSSR count). The molecular formula is C14H19ClF2N2O. The van der Waals surface area contributed by atoms with Gasteiger partial charge in [-0.25, -0.2) is 8.78 Å². The van der Waals surface area contributed by atoms with Gasteiger partial charge in [0.2, 0.25) is 5.91 Å². The molecule has 1 amide bonds. The summed E-state index contributed by atoms with van der Waals surface area (Å²) in [7, 11) is 0. The van der Waals surface area contributed by atoms with Gasteiger partial charge in [0.1, 0.15) is 11.6 Å². The Bertz CT molecular complexity index is 451. The van der Waals surface area contributed by atoms with Gasteiger partial charge in [-0.15, -0.1) is 12.4 Å². The predicted octanol–water partition coefficient (Wildman–Crippen LogP) is 2.19. The van der Waals surface area contributed by atoms with Gasteiger partial charge in [0.15, 0.2) is 0 Å². The van der Waals surface area contributed by atoms with Crippen molar-refractivity contribution in [2.24, 2.45) is 0 Å². The normalized spacial score (nSPS) is 15.5. The van der Waals surface area contributed by atoms with E-state index in [1.807, 2.05) is 0 Å². The molecule has 112 valence electrons. The molecule has 0 spiro atoms. The lowest BCUT2D eigenvalue weighted by atomic mass is 10.1. The van der Waals surface area contributed by atoms with E-state index in [9.17, 15) is 13.6 Å². The Hall–Kier alpha value is -1.20. The molecule has 1 fully saturated rings. The SMILES string of the molecule is Cl.O=C(CCc1cc(F)ccc1F)NC1CCNCC1. The monoisotopic (exact) mass is 304 g/mol. The molecule has 0 aliphatic carbocycles. The number of hydrogen-bond donors (Lipinski definition) is 2. The lowest BCUT2D eigenvalue weighted by Gasteiger charge is -2.23. The average molecular weight is 305 g/mol. The van der Waals surface area contributed by atoms with Crippen LogP contribution in [0.15, 0.2) is 18.2 Å². The van der Waals surface area contributed by atoms with Crippen LogP contribution in [-0.4, -0.2) is 25.0 Å². The van der Waals surface area contributed by atoms with E-state index in [1.54, 1.807) is 0 Å². The van der Waals surface area contributed by atoms with Crippen molar-refractivity contribution in [2.75, 3.05) is 13.1 Å². The third-order valence-electron chi connectivity index (χ3n) is 3.33. The second-order valence-electron chi connectivity index (χ2n) is 4.83. The summed E-state index contributed by atoms with van der Waals surface area (Å²) in [5, 5.41) is 6.14. The van der Waals surface area contributed by atoms with Crippen LogP contribution in [0.3, 0.4) is 0 Å². The standard InChI is InChI=1S/C14H18F2N2O.ClH/c15-11-2-3-13(16)10(9-11)1-4-14(19)18-12-5-7-17-8-6-12;/h2-3,9,12,17H,1,4-8H2,(H,18,19);1H. The smallest absolute Gasteiger partial charge is 0.220 e. The van der Waals surface area contributed by atoms with E-state index < -0.39 is 11.6 Å². The quantitative estimate of drug-likeness (QED) is 0.895. The van der Waals surface area contributed by atoms with Crippen molar-refractivity contribution in [3.05, 3.63) is 35.4 Å². The third kappa shape index (κ3) is 5.06. The summed E-state index contributed by atoms with van der Waals surface area (Å²) in [5.41, 5.74) is 0.250. The zero-order valence-electron chi connectivity index (χ0n) is 11.1. The Labute approximate surface area is 123 Å². The molecule has 1 aromatic rings. The number of piperidine rings is 1. The van der Waals surface area contributed by atoms with Crippen molar-refractivity contribution in [3.63, 3.8) is 0 Å². The lowest BCUT2D eigenvalue weighted by molar-refractivity contribution is -0.121. The second kappa shape index (κ2) is 8.17. The molecule has 1 saturated heterocycles. The highest BCUT2D eigenvalue weighted by Crippen LogP contribution is 2.12. The number of carbonyl (C=O) groups is 1. The molecule has 0 unspecified atom stereocenters. The van der Waals surface area contributed by atoms with Gasteiger partial charge in [-0.05, 0) is 56.1 Å². The molecule has 0 aromatic heterocycles. The van der Waals surface area contributed by atoms with E-state index in [0.29, 0.717) is 0 Å². The molecule has 0 radical (unpaired) electrons. The number of nitrogens with one attached hydrogen (secondary N) is 2. The van der Waals surface area contributed by atoms with E-state index in [2.05, 4.69) is 10.6 Å². The summed E-state index contributed by atoms with van der Waals surface area (Å²) < 4.78 is 26.3. The zero-order chi connectivity index (χ0) is 13.7. The van der Waals surface area contributed by atoms with Crippen molar-refractivity contribution >= 4 is 18.3 Å². The largest absolute Gasteiger partial charge is 0.353 e. The zero-order valence-corrected chi connectivity index (χ0v) is 11.9. The van der Waals surface area contributed by atoms with E-state index in [4.69, 9.17) is 0 Å². The first-order valence-corrected chi connectivity index (χ1v) is 6.59. The predicted molar refractivity (Wildman–Crippen MR) is 76.0 cm³/mol. The highest BCUT2D eigenvalue weighted by atomic mass is 35.5. The molecule has 20 heavy (non-hydrogen) atoms. The Kier molecular flexibility index (Phi) is 6.88. The first-order chi connectivity index (χ1) is 9.15. The van der Waals surface area contributed by atoms with Crippen LogP contribution >= 0.6 is 12.4 Å². The third-order valence-corrected chi connectivity index (χ3v) is 3.33. The highest BCUT2D eigenvalue weighted by molar-refractivity contribution is 5.85. The Morgan fingerprint density at radius 2 is 2.00 bits per heavy atom. The van der Waals surface area contributed by atoms with Gasteiger partial charge in [0.25, 0.3) is 0 Å². The minimum atomic E-state index is -0.477. The molecular weight excluding hydrogens is 286 g/mol. The van der Waals surface area contributed by atoms with Gasteiger partial charge < -0.3 is 10.6 Å². The molecule has 1 aromatic carbocycles. The van der Waals surface area contributed by atoms with Crippen molar-refractivity contribution in [3.8, 4) is 0 Å².